The van der Waals surface area contributed by atoms with E-state index in [1.54, 1.807) is 0 Å². The Hall–Kier alpha value is -7.56. The van der Waals surface area contributed by atoms with Gasteiger partial charge < -0.3 is 68.8 Å². The first-order valence-corrected chi connectivity index (χ1v) is 22.6. The first-order valence-electron chi connectivity index (χ1n) is 20.1. The van der Waals surface area contributed by atoms with Crippen molar-refractivity contribution >= 4 is 104 Å². The number of aromatic nitrogens is 4. The Labute approximate surface area is 387 Å². The highest BCUT2D eigenvalue weighted by Crippen LogP contribution is 2.21. The SMILES string of the molecule is CCSSCC(C=O)NC(=O)C(CC(=O)O)NC(=O)C(CCCNC(=N)N)NC(=O)C(CC(=O)O)NC(=O)CCC(NC(=O)c1ccc(NCc2cnc3nc(N)[nH]c(=O)c3n2)cc1)C(=O)O. The topological polar surface area (TPSA) is 446 Å². The van der Waals surface area contributed by atoms with E-state index in [9.17, 15) is 63.3 Å². The molecule has 0 aliphatic heterocycles. The number of aldehydes is 1. The number of hydrogen-bond acceptors (Lipinski definition) is 18. The molecule has 0 aliphatic carbocycles. The van der Waals surface area contributed by atoms with Gasteiger partial charge in [0.15, 0.2) is 17.1 Å². The van der Waals surface area contributed by atoms with E-state index in [0.717, 1.165) is 0 Å². The zero-order valence-corrected chi connectivity index (χ0v) is 37.3. The van der Waals surface area contributed by atoms with E-state index in [4.69, 9.17) is 16.9 Å². The molecule has 2 aromatic heterocycles. The van der Waals surface area contributed by atoms with Crippen LogP contribution in [0.4, 0.5) is 11.6 Å². The van der Waals surface area contributed by atoms with Crippen molar-refractivity contribution in [2.45, 2.75) is 82.2 Å². The number of carbonyl (C=O) groups excluding carboxylic acids is 6. The standard InChI is InChI=1S/C38H50N14O13S2/c1-2-66-67-17-21(16-53)46-33(61)25(13-28(57)58)50-32(60)22(4-3-11-42-37(39)40)48-34(62)24(12-27(55)56)47-26(54)10-9-23(36(64)65)49-31(59)18-5-7-19(8-6-18)43-14-20-15-44-30-29(45-20)35(63)52-38(41)51-30/h5-8,15-16,21-25,43H,2-4,9-14,17H2,1H3,(H,46,61)(H,47,54)(H,48,62)(H,49,59)(H,50,60)(H,55,56)(H,57,58)(H,64,65)(H4,39,40,42)(H3,41,44,51,52,63). The molecule has 0 aliphatic rings. The lowest BCUT2D eigenvalue weighted by molar-refractivity contribution is -0.141. The number of rotatable bonds is 29. The molecule has 5 amide bonds. The maximum Gasteiger partial charge on any atom is 0.326 e. The van der Waals surface area contributed by atoms with Crippen LogP contribution in [-0.2, 0) is 44.9 Å². The molecule has 362 valence electrons. The van der Waals surface area contributed by atoms with E-state index in [0.29, 0.717) is 23.4 Å². The fourth-order valence-electron chi connectivity index (χ4n) is 5.74. The summed E-state index contributed by atoms with van der Waals surface area (Å²) in [7, 11) is 2.68. The average Bonchev–Trinajstić information content (AvgIpc) is 3.26. The molecule has 29 heteroatoms. The number of aliphatic carboxylic acids is 3. The molecule has 3 aromatic rings. The number of nitrogens with zero attached hydrogens (tertiary/aromatic N) is 3. The normalized spacial score (nSPS) is 13.0. The van der Waals surface area contributed by atoms with Gasteiger partial charge in [0.25, 0.3) is 11.5 Å². The van der Waals surface area contributed by atoms with Gasteiger partial charge in [0.1, 0.15) is 30.5 Å². The van der Waals surface area contributed by atoms with Crippen LogP contribution in [0, 0.1) is 5.41 Å². The van der Waals surface area contributed by atoms with E-state index >= 15 is 0 Å². The van der Waals surface area contributed by atoms with Gasteiger partial charge in [-0.25, -0.2) is 14.8 Å². The number of nitrogen functional groups attached to an aromatic ring is 1. The van der Waals surface area contributed by atoms with Crippen molar-refractivity contribution in [2.24, 2.45) is 5.73 Å². The minimum absolute atomic E-state index is 0.00462. The minimum atomic E-state index is -1.85. The molecule has 3 rings (SSSR count). The lowest BCUT2D eigenvalue weighted by Crippen LogP contribution is -2.58. The van der Waals surface area contributed by atoms with E-state index in [-0.39, 0.29) is 54.4 Å². The van der Waals surface area contributed by atoms with Gasteiger partial charge in [-0.2, -0.15) is 4.98 Å². The number of fused-ring (bicyclic) bond motifs is 1. The molecule has 16 N–H and O–H groups in total. The number of aromatic amines is 1. The predicted molar refractivity (Wildman–Crippen MR) is 242 cm³/mol. The molecule has 0 saturated heterocycles. The first kappa shape index (κ1) is 53.8. The third-order valence-electron chi connectivity index (χ3n) is 8.97. The Bertz CT molecular complexity index is 2360. The maximum atomic E-state index is 13.5. The molecule has 0 bridgehead atoms. The number of nitrogens with two attached hydrogens (primary N) is 2. The van der Waals surface area contributed by atoms with Gasteiger partial charge in [0, 0.05) is 35.7 Å². The van der Waals surface area contributed by atoms with Crippen molar-refractivity contribution in [1.82, 2.24) is 51.8 Å². The molecule has 67 heavy (non-hydrogen) atoms. The van der Waals surface area contributed by atoms with Crippen LogP contribution in [0.1, 0.15) is 61.5 Å². The summed E-state index contributed by atoms with van der Waals surface area (Å²) >= 11 is 0. The summed E-state index contributed by atoms with van der Waals surface area (Å²) in [6, 6.07) is -2.06. The van der Waals surface area contributed by atoms with Crippen LogP contribution in [0.5, 0.6) is 0 Å². The van der Waals surface area contributed by atoms with Crippen LogP contribution in [0.25, 0.3) is 11.2 Å². The van der Waals surface area contributed by atoms with Gasteiger partial charge in [-0.3, -0.25) is 48.7 Å². The van der Waals surface area contributed by atoms with Gasteiger partial charge in [-0.05, 0) is 43.5 Å². The number of benzene rings is 1. The van der Waals surface area contributed by atoms with Gasteiger partial charge >= 0.3 is 17.9 Å². The molecule has 5 unspecified atom stereocenters. The van der Waals surface area contributed by atoms with Crippen molar-refractivity contribution in [1.29, 1.82) is 5.41 Å². The molecular formula is C38H50N14O13S2. The number of guanidine groups is 1. The van der Waals surface area contributed by atoms with Gasteiger partial charge in [0.2, 0.25) is 29.6 Å². The Morgan fingerprint density at radius 2 is 1.46 bits per heavy atom. The second-order valence-corrected chi connectivity index (χ2v) is 17.0. The number of H-pyrrole nitrogens is 1. The fraction of sp³-hybridized carbons (Fsp3) is 0.421. The van der Waals surface area contributed by atoms with Crippen molar-refractivity contribution in [3.63, 3.8) is 0 Å². The zero-order chi connectivity index (χ0) is 49.6. The number of carboxylic acids is 3. The monoisotopic (exact) mass is 974 g/mol. The summed E-state index contributed by atoms with van der Waals surface area (Å²) in [4.78, 5) is 140. The molecule has 1 aromatic carbocycles. The number of carboxylic acid groups (broad SMARTS) is 3. The minimum Gasteiger partial charge on any atom is -0.481 e. The van der Waals surface area contributed by atoms with Gasteiger partial charge in [0.05, 0.1) is 37.3 Å². The summed E-state index contributed by atoms with van der Waals surface area (Å²) in [5.74, 6) is -9.44. The highest BCUT2D eigenvalue weighted by Gasteiger charge is 2.32. The third-order valence-corrected chi connectivity index (χ3v) is 11.5. The molecular weight excluding hydrogens is 925 g/mol. The van der Waals surface area contributed by atoms with E-state index in [1.165, 1.54) is 52.1 Å². The number of carbonyl (C=O) groups is 9. The molecule has 2 heterocycles. The Morgan fingerprint density at radius 3 is 2.07 bits per heavy atom. The van der Waals surface area contributed by atoms with Crippen molar-refractivity contribution in [3.8, 4) is 0 Å². The van der Waals surface area contributed by atoms with Crippen molar-refractivity contribution in [2.75, 3.05) is 29.1 Å². The average molecular weight is 975 g/mol. The summed E-state index contributed by atoms with van der Waals surface area (Å²) in [6.07, 6.45) is -1.49. The zero-order valence-electron chi connectivity index (χ0n) is 35.7. The fourth-order valence-corrected chi connectivity index (χ4v) is 7.54. The highest BCUT2D eigenvalue weighted by molar-refractivity contribution is 8.76. The summed E-state index contributed by atoms with van der Waals surface area (Å²) in [5.41, 5.74) is 11.2. The molecule has 27 nitrogen and oxygen atoms in total. The van der Waals surface area contributed by atoms with Crippen LogP contribution < -0.4 is 54.2 Å². The predicted octanol–water partition coefficient (Wildman–Crippen LogP) is -2.38. The van der Waals surface area contributed by atoms with E-state index < -0.39 is 115 Å². The molecule has 0 saturated carbocycles. The number of hydrogen-bond donors (Lipinski definition) is 14. The smallest absolute Gasteiger partial charge is 0.326 e. The number of nitrogens with one attached hydrogen (secondary N) is 9. The van der Waals surface area contributed by atoms with Crippen LogP contribution in [0.15, 0.2) is 35.3 Å². The second-order valence-electron chi connectivity index (χ2n) is 14.2. The van der Waals surface area contributed by atoms with Crippen molar-refractivity contribution in [3.05, 3.63) is 52.1 Å². The number of amides is 5. The van der Waals surface area contributed by atoms with Crippen LogP contribution in [-0.4, -0.2) is 143 Å². The summed E-state index contributed by atoms with van der Waals surface area (Å²) in [6.45, 7) is 1.99. The van der Waals surface area contributed by atoms with E-state index in [2.05, 4.69) is 57.2 Å². The Kier molecular flexibility index (Phi) is 21.7. The Morgan fingerprint density at radius 1 is 0.836 bits per heavy atom. The quantitative estimate of drug-likeness (QED) is 0.0114. The number of anilines is 2. The molecule has 5 atom stereocenters. The summed E-state index contributed by atoms with van der Waals surface area (Å²) in [5, 5.41) is 53.1. The van der Waals surface area contributed by atoms with Gasteiger partial charge in [-0.1, -0.05) is 28.5 Å². The van der Waals surface area contributed by atoms with Gasteiger partial charge in [-0.15, -0.1) is 0 Å². The third kappa shape index (κ3) is 18.8. The van der Waals surface area contributed by atoms with Crippen LogP contribution in [0.3, 0.4) is 0 Å². The van der Waals surface area contributed by atoms with Crippen molar-refractivity contribution < 1.29 is 58.5 Å². The highest BCUT2D eigenvalue weighted by atomic mass is 33.1. The molecule has 0 spiro atoms. The molecule has 0 fully saturated rings. The second kappa shape index (κ2) is 27.0. The Balaban J connectivity index is 1.65. The maximum absolute atomic E-state index is 13.5. The lowest BCUT2D eigenvalue weighted by atomic mass is 10.1. The van der Waals surface area contributed by atoms with Crippen LogP contribution >= 0.6 is 21.6 Å². The largest absolute Gasteiger partial charge is 0.481 e. The lowest BCUT2D eigenvalue weighted by Gasteiger charge is -2.25. The first-order chi connectivity index (χ1) is 31.8. The van der Waals surface area contributed by atoms with Crippen LogP contribution in [0.2, 0.25) is 0 Å². The summed E-state index contributed by atoms with van der Waals surface area (Å²) < 4.78 is 0. The molecule has 0 radical (unpaired) electrons. The van der Waals surface area contributed by atoms with E-state index in [1.807, 2.05) is 6.92 Å².